The molecule has 6 atom stereocenters. The minimum Gasteiger partial charge on any atom is -0.485 e. The smallest absolute Gasteiger partial charge is 0.131 e. The summed E-state index contributed by atoms with van der Waals surface area (Å²) in [7, 11) is 0. The first-order valence-electron chi connectivity index (χ1n) is 19.5. The highest BCUT2D eigenvalue weighted by molar-refractivity contribution is 5.99. The van der Waals surface area contributed by atoms with Crippen molar-refractivity contribution in [3.05, 3.63) is 220 Å². The summed E-state index contributed by atoms with van der Waals surface area (Å²) in [5.41, 5.74) is 11.6. The van der Waals surface area contributed by atoms with Gasteiger partial charge in [-0.25, -0.2) is 4.99 Å². The normalized spacial score (nSPS) is 25.0. The molecule has 1 saturated heterocycles. The van der Waals surface area contributed by atoms with Crippen LogP contribution in [0.2, 0.25) is 0 Å². The molecule has 10 rings (SSSR count). The van der Waals surface area contributed by atoms with Gasteiger partial charge in [-0.05, 0) is 75.7 Å². The van der Waals surface area contributed by atoms with E-state index in [1.54, 1.807) is 0 Å². The lowest BCUT2D eigenvalue weighted by Crippen LogP contribution is -2.54. The van der Waals surface area contributed by atoms with Gasteiger partial charge >= 0.3 is 0 Å². The number of nitrogens with zero attached hydrogens (tertiary/aromatic N) is 1. The van der Waals surface area contributed by atoms with Crippen molar-refractivity contribution in [3.63, 3.8) is 0 Å². The van der Waals surface area contributed by atoms with E-state index in [4.69, 9.17) is 9.73 Å². The van der Waals surface area contributed by atoms with Crippen molar-refractivity contribution in [2.75, 3.05) is 0 Å². The second-order valence-corrected chi connectivity index (χ2v) is 14.9. The third-order valence-electron chi connectivity index (χ3n) is 11.5. The zero-order chi connectivity index (χ0) is 37.4. The SMILES string of the molecule is Cc1c(C2NC(c3ccccc3)=NC(c3ccccc3)N2)cc(-c2cccc3c2C2C=CC=CC2O3)cc1C1NC(c2ccccc2)NC(c2ccccc2)N1. The van der Waals surface area contributed by atoms with Gasteiger partial charge in [-0.1, -0.05) is 152 Å². The van der Waals surface area contributed by atoms with Crippen LogP contribution in [0.25, 0.3) is 11.1 Å². The molecule has 7 heteroatoms. The fourth-order valence-corrected chi connectivity index (χ4v) is 8.63. The number of ether oxygens (including phenoxy) is 1. The molecule has 6 unspecified atom stereocenters. The molecule has 0 amide bonds. The van der Waals surface area contributed by atoms with E-state index in [1.165, 1.54) is 33.4 Å². The number of amidine groups is 1. The second-order valence-electron chi connectivity index (χ2n) is 14.9. The molecule has 3 aliphatic heterocycles. The van der Waals surface area contributed by atoms with Gasteiger partial charge in [-0.2, -0.15) is 0 Å². The number of hydrogen-bond acceptors (Lipinski definition) is 7. The molecule has 0 saturated carbocycles. The van der Waals surface area contributed by atoms with Crippen LogP contribution < -0.4 is 31.3 Å². The molecule has 0 radical (unpaired) electrons. The molecular weight excluding hydrogens is 689 g/mol. The second kappa shape index (κ2) is 14.9. The van der Waals surface area contributed by atoms with Gasteiger partial charge in [-0.15, -0.1) is 0 Å². The summed E-state index contributed by atoms with van der Waals surface area (Å²) in [6.45, 7) is 2.26. The van der Waals surface area contributed by atoms with Crippen molar-refractivity contribution in [1.82, 2.24) is 26.6 Å². The van der Waals surface area contributed by atoms with Gasteiger partial charge in [0.15, 0.2) is 0 Å². The van der Waals surface area contributed by atoms with Gasteiger partial charge < -0.3 is 10.1 Å². The summed E-state index contributed by atoms with van der Waals surface area (Å²) in [5, 5.41) is 19.5. The van der Waals surface area contributed by atoms with Gasteiger partial charge in [0.25, 0.3) is 0 Å². The molecule has 56 heavy (non-hydrogen) atoms. The average molecular weight is 733 g/mol. The fourth-order valence-electron chi connectivity index (χ4n) is 8.63. The van der Waals surface area contributed by atoms with Crippen molar-refractivity contribution >= 4 is 5.84 Å². The molecular formula is C49H44N6O. The Labute approximate surface area is 328 Å². The Morgan fingerprint density at radius 2 is 1.09 bits per heavy atom. The lowest BCUT2D eigenvalue weighted by atomic mass is 9.84. The number of benzene rings is 6. The Kier molecular flexibility index (Phi) is 9.13. The minimum atomic E-state index is -0.251. The largest absolute Gasteiger partial charge is 0.485 e. The molecule has 3 heterocycles. The molecule has 1 aliphatic carbocycles. The number of hydrogen-bond donors (Lipinski definition) is 5. The third-order valence-corrected chi connectivity index (χ3v) is 11.5. The summed E-state index contributed by atoms with van der Waals surface area (Å²) in [6, 6.07) is 53.5. The van der Waals surface area contributed by atoms with E-state index >= 15 is 0 Å². The summed E-state index contributed by atoms with van der Waals surface area (Å²) in [4.78, 5) is 5.23. The molecule has 4 aliphatic rings. The maximum absolute atomic E-state index is 6.53. The van der Waals surface area contributed by atoms with Crippen LogP contribution in [-0.4, -0.2) is 11.9 Å². The van der Waals surface area contributed by atoms with Crippen molar-refractivity contribution in [3.8, 4) is 16.9 Å². The predicted octanol–water partition coefficient (Wildman–Crippen LogP) is 9.15. The van der Waals surface area contributed by atoms with Gasteiger partial charge in [0.2, 0.25) is 0 Å². The van der Waals surface area contributed by atoms with Crippen LogP contribution in [0.1, 0.15) is 81.3 Å². The Bertz CT molecular complexity index is 2380. The van der Waals surface area contributed by atoms with E-state index in [0.29, 0.717) is 0 Å². The van der Waals surface area contributed by atoms with Crippen LogP contribution in [0.5, 0.6) is 5.75 Å². The van der Waals surface area contributed by atoms with Crippen LogP contribution in [0.3, 0.4) is 0 Å². The highest BCUT2D eigenvalue weighted by Crippen LogP contribution is 2.47. The van der Waals surface area contributed by atoms with Gasteiger partial charge in [0, 0.05) is 17.0 Å². The lowest BCUT2D eigenvalue weighted by Gasteiger charge is -2.41. The standard InChI is InChI=1S/C49H44N6O/c1-31-39(48-52-44(32-17-6-2-7-18-32)50-45(53-48)33-19-8-3-9-20-33)29-36(37-26-16-28-42-43(37)38-25-14-15-27-41(38)56-42)30-40(31)49-54-46(34-21-10-4-11-22-34)51-47(55-49)35-23-12-5-13-24-35/h2-30,38,41,44-46,48-50,52-54H,1H3,(H,51,55). The minimum absolute atomic E-state index is 0.00972. The van der Waals surface area contributed by atoms with E-state index < -0.39 is 0 Å². The van der Waals surface area contributed by atoms with Crippen LogP contribution in [0.4, 0.5) is 0 Å². The maximum atomic E-state index is 6.53. The van der Waals surface area contributed by atoms with Crippen molar-refractivity contribution in [2.45, 2.75) is 49.8 Å². The Balaban J connectivity index is 1.13. The Morgan fingerprint density at radius 1 is 0.518 bits per heavy atom. The van der Waals surface area contributed by atoms with E-state index in [0.717, 1.165) is 33.8 Å². The third kappa shape index (κ3) is 6.55. The molecule has 6 aromatic carbocycles. The predicted molar refractivity (Wildman–Crippen MR) is 224 cm³/mol. The Morgan fingerprint density at radius 3 is 1.75 bits per heavy atom. The van der Waals surface area contributed by atoms with Crippen LogP contribution in [-0.2, 0) is 0 Å². The van der Waals surface area contributed by atoms with E-state index in [1.807, 2.05) is 6.07 Å². The first-order valence-corrected chi connectivity index (χ1v) is 19.5. The number of aliphatic imine (C=N–C) groups is 1. The summed E-state index contributed by atoms with van der Waals surface area (Å²) >= 11 is 0. The van der Waals surface area contributed by atoms with Gasteiger partial charge in [0.05, 0.1) is 18.5 Å². The van der Waals surface area contributed by atoms with Crippen molar-refractivity contribution in [2.24, 2.45) is 4.99 Å². The van der Waals surface area contributed by atoms with Crippen LogP contribution in [0, 0.1) is 6.92 Å². The highest BCUT2D eigenvalue weighted by Gasteiger charge is 2.37. The first kappa shape index (κ1) is 34.4. The Hall–Kier alpha value is -6.09. The average Bonchev–Trinajstić information content (AvgIpc) is 3.66. The molecule has 276 valence electrons. The molecule has 5 N–H and O–H groups in total. The summed E-state index contributed by atoms with van der Waals surface area (Å²) in [5.74, 6) is 1.95. The van der Waals surface area contributed by atoms with Crippen LogP contribution in [0.15, 0.2) is 181 Å². The van der Waals surface area contributed by atoms with Gasteiger partial charge in [-0.3, -0.25) is 21.3 Å². The highest BCUT2D eigenvalue weighted by atomic mass is 16.5. The molecule has 1 fully saturated rings. The first-order chi connectivity index (χ1) is 27.7. The van der Waals surface area contributed by atoms with Crippen LogP contribution >= 0.6 is 0 Å². The fraction of sp³-hybridized carbons (Fsp3) is 0.163. The number of nitrogens with one attached hydrogen (secondary N) is 5. The monoisotopic (exact) mass is 732 g/mol. The molecule has 7 nitrogen and oxygen atoms in total. The summed E-state index contributed by atoms with van der Waals surface area (Å²) in [6.07, 6.45) is 7.77. The molecule has 0 bridgehead atoms. The topological polar surface area (TPSA) is 81.7 Å². The van der Waals surface area contributed by atoms with Gasteiger partial charge in [0.1, 0.15) is 30.0 Å². The zero-order valence-corrected chi connectivity index (χ0v) is 31.1. The zero-order valence-electron chi connectivity index (χ0n) is 31.1. The quantitative estimate of drug-likeness (QED) is 0.113. The van der Waals surface area contributed by atoms with Crippen molar-refractivity contribution < 1.29 is 4.74 Å². The van der Waals surface area contributed by atoms with E-state index in [-0.39, 0.29) is 42.9 Å². The van der Waals surface area contributed by atoms with E-state index in [9.17, 15) is 0 Å². The maximum Gasteiger partial charge on any atom is 0.131 e. The molecule has 0 spiro atoms. The molecule has 6 aromatic rings. The molecule has 0 aromatic heterocycles. The van der Waals surface area contributed by atoms with E-state index in [2.05, 4.69) is 203 Å². The number of fused-ring (bicyclic) bond motifs is 3. The summed E-state index contributed by atoms with van der Waals surface area (Å²) < 4.78 is 6.53. The number of allylic oxidation sites excluding steroid dienone is 2. The number of rotatable bonds is 7. The van der Waals surface area contributed by atoms with Crippen molar-refractivity contribution in [1.29, 1.82) is 0 Å². The lowest BCUT2D eigenvalue weighted by molar-refractivity contribution is 0.202.